The fourth-order valence-corrected chi connectivity index (χ4v) is 2.61. The van der Waals surface area contributed by atoms with Gasteiger partial charge in [0.1, 0.15) is 0 Å². The van der Waals surface area contributed by atoms with Crippen LogP contribution in [0.2, 0.25) is 5.02 Å². The summed E-state index contributed by atoms with van der Waals surface area (Å²) in [6.45, 7) is 5.53. The first-order valence-corrected chi connectivity index (χ1v) is 8.27. The Morgan fingerprint density at radius 2 is 2.12 bits per heavy atom. The molecule has 0 unspecified atom stereocenters. The highest BCUT2D eigenvalue weighted by atomic mass is 35.5. The van der Waals surface area contributed by atoms with Gasteiger partial charge in [-0.1, -0.05) is 24.6 Å². The number of aromatic nitrogens is 4. The highest BCUT2D eigenvalue weighted by Crippen LogP contribution is 2.26. The Balaban J connectivity index is 2.08. The number of hydrazine groups is 1. The third-order valence-electron chi connectivity index (χ3n) is 3.60. The predicted molar refractivity (Wildman–Crippen MR) is 97.6 cm³/mol. The van der Waals surface area contributed by atoms with E-state index >= 15 is 0 Å². The molecule has 0 aliphatic carbocycles. The minimum Gasteiger partial charge on any atom is -0.338 e. The third-order valence-corrected chi connectivity index (χ3v) is 3.84. The quantitative estimate of drug-likeness (QED) is 0.526. The Morgan fingerprint density at radius 3 is 2.83 bits per heavy atom. The van der Waals surface area contributed by atoms with Gasteiger partial charge in [-0.2, -0.15) is 9.97 Å². The lowest BCUT2D eigenvalue weighted by Gasteiger charge is -2.17. The maximum Gasteiger partial charge on any atom is 0.243 e. The number of imidazole rings is 1. The molecule has 0 radical (unpaired) electrons. The number of halogens is 1. The van der Waals surface area contributed by atoms with Crippen LogP contribution in [0.4, 0.5) is 17.5 Å². The lowest BCUT2D eigenvalue weighted by atomic mass is 10.3. The molecule has 0 saturated heterocycles. The van der Waals surface area contributed by atoms with Crippen LogP contribution in [0.1, 0.15) is 20.3 Å². The Labute approximate surface area is 145 Å². The molecule has 0 spiro atoms. The summed E-state index contributed by atoms with van der Waals surface area (Å²) in [6.07, 6.45) is 2.66. The number of fused-ring (bicyclic) bond motifs is 1. The summed E-state index contributed by atoms with van der Waals surface area (Å²) < 4.78 is 1.96. The molecule has 8 heteroatoms. The number of nitrogens with two attached hydrogens (primary N) is 1. The van der Waals surface area contributed by atoms with Crippen LogP contribution in [-0.2, 0) is 6.54 Å². The van der Waals surface area contributed by atoms with Gasteiger partial charge in [-0.25, -0.2) is 10.8 Å². The molecular weight excluding hydrogens is 326 g/mol. The molecule has 1 aromatic carbocycles. The number of benzene rings is 1. The highest BCUT2D eigenvalue weighted by molar-refractivity contribution is 6.30. The van der Waals surface area contributed by atoms with Gasteiger partial charge in [0.05, 0.1) is 6.33 Å². The minimum absolute atomic E-state index is 0.462. The van der Waals surface area contributed by atoms with Crippen LogP contribution in [0.5, 0.6) is 0 Å². The summed E-state index contributed by atoms with van der Waals surface area (Å²) in [7, 11) is 0. The van der Waals surface area contributed by atoms with Crippen molar-refractivity contribution in [2.45, 2.75) is 26.8 Å². The van der Waals surface area contributed by atoms with Gasteiger partial charge in [0.2, 0.25) is 5.95 Å². The van der Waals surface area contributed by atoms with E-state index in [-0.39, 0.29) is 0 Å². The fourth-order valence-electron chi connectivity index (χ4n) is 2.42. The van der Waals surface area contributed by atoms with Crippen molar-refractivity contribution < 1.29 is 0 Å². The zero-order chi connectivity index (χ0) is 17.1. The second-order valence-electron chi connectivity index (χ2n) is 5.40. The number of nitrogens with one attached hydrogen (secondary N) is 1. The molecule has 0 atom stereocenters. The lowest BCUT2D eigenvalue weighted by Crippen LogP contribution is -2.33. The molecule has 126 valence electrons. The Hall–Kier alpha value is -2.38. The molecule has 3 aromatic rings. The van der Waals surface area contributed by atoms with Gasteiger partial charge in [-0.3, -0.25) is 5.01 Å². The Bertz CT molecular complexity index is 846. The fraction of sp³-hybridized carbons (Fsp3) is 0.312. The van der Waals surface area contributed by atoms with Crippen LogP contribution in [0, 0.1) is 0 Å². The predicted octanol–water partition coefficient (Wildman–Crippen LogP) is 3.33. The molecule has 3 N–H and O–H groups in total. The van der Waals surface area contributed by atoms with E-state index in [1.54, 1.807) is 11.3 Å². The molecule has 0 aliphatic heterocycles. The molecule has 2 aromatic heterocycles. The topological polar surface area (TPSA) is 84.9 Å². The molecule has 3 rings (SSSR count). The van der Waals surface area contributed by atoms with Crippen molar-refractivity contribution in [1.82, 2.24) is 19.5 Å². The summed E-state index contributed by atoms with van der Waals surface area (Å²) in [5.74, 6) is 7.14. The second-order valence-corrected chi connectivity index (χ2v) is 5.84. The molecular formula is C16H20ClN7. The van der Waals surface area contributed by atoms with Crippen molar-refractivity contribution in [3.63, 3.8) is 0 Å². The first-order chi connectivity index (χ1) is 11.6. The second kappa shape index (κ2) is 7.02. The summed E-state index contributed by atoms with van der Waals surface area (Å²) >= 11 is 6.06. The van der Waals surface area contributed by atoms with Crippen LogP contribution in [0.25, 0.3) is 11.2 Å². The molecule has 2 heterocycles. The minimum atomic E-state index is 0.462. The van der Waals surface area contributed by atoms with Gasteiger partial charge in [-0.05, 0) is 31.5 Å². The molecule has 0 aliphatic rings. The van der Waals surface area contributed by atoms with E-state index in [1.807, 2.05) is 35.8 Å². The molecule has 0 amide bonds. The van der Waals surface area contributed by atoms with Crippen molar-refractivity contribution in [2.75, 3.05) is 16.9 Å². The zero-order valence-electron chi connectivity index (χ0n) is 13.7. The van der Waals surface area contributed by atoms with Crippen molar-refractivity contribution in [3.8, 4) is 0 Å². The van der Waals surface area contributed by atoms with Crippen LogP contribution in [-0.4, -0.2) is 26.1 Å². The molecule has 0 saturated carbocycles. The van der Waals surface area contributed by atoms with Crippen molar-refractivity contribution in [1.29, 1.82) is 0 Å². The first-order valence-electron chi connectivity index (χ1n) is 7.90. The molecule has 0 fully saturated rings. The van der Waals surface area contributed by atoms with E-state index in [0.29, 0.717) is 28.9 Å². The molecule has 0 bridgehead atoms. The zero-order valence-corrected chi connectivity index (χ0v) is 14.5. The summed E-state index contributed by atoms with van der Waals surface area (Å²) in [5, 5.41) is 5.47. The first kappa shape index (κ1) is 16.5. The van der Waals surface area contributed by atoms with Gasteiger partial charge in [0, 0.05) is 23.8 Å². The van der Waals surface area contributed by atoms with Crippen molar-refractivity contribution in [3.05, 3.63) is 35.6 Å². The van der Waals surface area contributed by atoms with Gasteiger partial charge < -0.3 is 9.88 Å². The van der Waals surface area contributed by atoms with E-state index in [2.05, 4.69) is 27.2 Å². The van der Waals surface area contributed by atoms with Crippen molar-refractivity contribution >= 4 is 40.2 Å². The van der Waals surface area contributed by atoms with E-state index < -0.39 is 0 Å². The maximum absolute atomic E-state index is 6.07. The Kier molecular flexibility index (Phi) is 4.82. The maximum atomic E-state index is 6.07. The number of rotatable bonds is 6. The number of aryl methyl sites for hydroxylation is 1. The average molecular weight is 346 g/mol. The van der Waals surface area contributed by atoms with Gasteiger partial charge in [0.25, 0.3) is 0 Å². The number of hydrogen-bond donors (Lipinski definition) is 2. The summed E-state index contributed by atoms with van der Waals surface area (Å²) in [5.41, 5.74) is 2.28. The average Bonchev–Trinajstić information content (AvgIpc) is 2.98. The standard InChI is InChI=1S/C16H20ClN7/c1-3-8-24(18)16-21-14(20-12-7-5-6-11(17)9-12)13-15(22-16)23(4-2)10-19-13/h5-7,9-10H,3-4,8,18H2,1-2H3,(H,20,21,22). The van der Waals surface area contributed by atoms with E-state index in [1.165, 1.54) is 0 Å². The lowest BCUT2D eigenvalue weighted by molar-refractivity contribution is 0.758. The number of hydrogen-bond acceptors (Lipinski definition) is 6. The highest BCUT2D eigenvalue weighted by Gasteiger charge is 2.15. The van der Waals surface area contributed by atoms with E-state index in [4.69, 9.17) is 17.4 Å². The monoisotopic (exact) mass is 345 g/mol. The summed E-state index contributed by atoms with van der Waals surface area (Å²) in [6, 6.07) is 7.45. The number of anilines is 3. The van der Waals surface area contributed by atoms with Crippen LogP contribution in [0.3, 0.4) is 0 Å². The van der Waals surface area contributed by atoms with Gasteiger partial charge in [0.15, 0.2) is 17.0 Å². The summed E-state index contributed by atoms with van der Waals surface area (Å²) in [4.78, 5) is 13.6. The normalized spacial score (nSPS) is 11.0. The molecule has 7 nitrogen and oxygen atoms in total. The van der Waals surface area contributed by atoms with Crippen molar-refractivity contribution in [2.24, 2.45) is 5.84 Å². The van der Waals surface area contributed by atoms with E-state index in [9.17, 15) is 0 Å². The van der Waals surface area contributed by atoms with Gasteiger partial charge >= 0.3 is 0 Å². The van der Waals surface area contributed by atoms with Crippen LogP contribution in [0.15, 0.2) is 30.6 Å². The number of nitrogens with zero attached hydrogens (tertiary/aromatic N) is 5. The Morgan fingerprint density at radius 1 is 1.29 bits per heavy atom. The largest absolute Gasteiger partial charge is 0.338 e. The van der Waals surface area contributed by atoms with Gasteiger partial charge in [-0.15, -0.1) is 0 Å². The van der Waals surface area contributed by atoms with Crippen LogP contribution >= 0.6 is 11.6 Å². The van der Waals surface area contributed by atoms with E-state index in [0.717, 1.165) is 24.3 Å². The third kappa shape index (κ3) is 3.27. The molecule has 24 heavy (non-hydrogen) atoms. The SMILES string of the molecule is CCCN(N)c1nc(Nc2cccc(Cl)c2)c2ncn(CC)c2n1. The van der Waals surface area contributed by atoms with Crippen LogP contribution < -0.4 is 16.2 Å². The smallest absolute Gasteiger partial charge is 0.243 e.